The molecular weight excluding hydrogens is 413 g/mol. The van der Waals surface area contributed by atoms with Crippen LogP contribution in [0.4, 0.5) is 10.3 Å². The first kappa shape index (κ1) is 20.2. The molecule has 9 nitrogen and oxygen atoms in total. The fourth-order valence-corrected chi connectivity index (χ4v) is 4.43. The van der Waals surface area contributed by atoms with Crippen molar-refractivity contribution in [3.05, 3.63) is 36.7 Å². The van der Waals surface area contributed by atoms with Crippen LogP contribution >= 0.6 is 0 Å². The van der Waals surface area contributed by atoms with Crippen LogP contribution in [0.25, 0.3) is 27.8 Å². The Balaban J connectivity index is 1.42. The molecule has 0 spiro atoms. The van der Waals surface area contributed by atoms with Gasteiger partial charge in [0, 0.05) is 54.9 Å². The molecule has 0 atom stereocenters. The highest BCUT2D eigenvalue weighted by Gasteiger charge is 2.23. The van der Waals surface area contributed by atoms with Crippen LogP contribution in [0.2, 0.25) is 0 Å². The van der Waals surface area contributed by atoms with Crippen molar-refractivity contribution in [3.63, 3.8) is 0 Å². The number of carbonyl (C=O) groups is 1. The maximum absolute atomic E-state index is 14.5. The summed E-state index contributed by atoms with van der Waals surface area (Å²) in [6.45, 7) is 1.55. The number of methoxy groups -OCH3 is 1. The number of anilines is 1. The highest BCUT2D eigenvalue weighted by Crippen LogP contribution is 2.35. The number of ether oxygens (including phenoxy) is 1. The zero-order chi connectivity index (χ0) is 22.2. The first-order valence-corrected chi connectivity index (χ1v) is 10.6. The molecular formula is C22H24FN7O2. The highest BCUT2D eigenvalue weighted by atomic mass is 19.1. The van der Waals surface area contributed by atoms with Crippen molar-refractivity contribution >= 4 is 28.5 Å². The molecule has 0 radical (unpaired) electrons. The summed E-state index contributed by atoms with van der Waals surface area (Å²) in [5, 5.41) is 7.06. The number of nitrogens with zero attached hydrogens (tertiary/aromatic N) is 4. The molecule has 3 N–H and O–H groups in total. The Morgan fingerprint density at radius 1 is 1.25 bits per heavy atom. The number of aromatic amines is 1. The summed E-state index contributed by atoms with van der Waals surface area (Å²) in [7, 11) is 1.56. The van der Waals surface area contributed by atoms with Crippen LogP contribution in [0.15, 0.2) is 30.9 Å². The van der Waals surface area contributed by atoms with E-state index in [1.807, 2.05) is 6.20 Å². The summed E-state index contributed by atoms with van der Waals surface area (Å²) >= 11 is 0. The number of imidazole rings is 1. The first-order valence-electron chi connectivity index (χ1n) is 10.6. The third-order valence-corrected chi connectivity index (χ3v) is 5.91. The van der Waals surface area contributed by atoms with E-state index in [1.165, 1.54) is 6.07 Å². The van der Waals surface area contributed by atoms with Gasteiger partial charge in [-0.05, 0) is 31.7 Å². The summed E-state index contributed by atoms with van der Waals surface area (Å²) in [6, 6.07) is 1.89. The molecule has 1 saturated carbocycles. The standard InChI is InChI=1S/C22H24FN7O2/c1-12(31)26-14-3-5-15(6-4-14)27-22-28-19-18(21(29-22)32-2)16(10-25-19)13-9-17(23)20-24-7-8-30(20)11-13/h7-11,14-15H,3-6H2,1-2H3,(H,26,31)(H2,25,27,28,29)/t14-,15+. The lowest BCUT2D eigenvalue weighted by Crippen LogP contribution is -2.39. The predicted molar refractivity (Wildman–Crippen MR) is 118 cm³/mol. The summed E-state index contributed by atoms with van der Waals surface area (Å²) in [5.74, 6) is 0.484. The second kappa shape index (κ2) is 8.10. The molecule has 0 aliphatic heterocycles. The van der Waals surface area contributed by atoms with E-state index in [4.69, 9.17) is 4.74 Å². The van der Waals surface area contributed by atoms with Crippen LogP contribution < -0.4 is 15.4 Å². The van der Waals surface area contributed by atoms with E-state index in [1.54, 1.807) is 37.0 Å². The molecule has 4 heterocycles. The van der Waals surface area contributed by atoms with Gasteiger partial charge in [0.05, 0.1) is 12.5 Å². The number of pyridine rings is 1. The van der Waals surface area contributed by atoms with Gasteiger partial charge in [0.1, 0.15) is 5.65 Å². The van der Waals surface area contributed by atoms with Crippen LogP contribution in [0.1, 0.15) is 32.6 Å². The molecule has 1 fully saturated rings. The van der Waals surface area contributed by atoms with Gasteiger partial charge in [-0.3, -0.25) is 4.79 Å². The number of halogens is 1. The second-order valence-corrected chi connectivity index (χ2v) is 8.11. The lowest BCUT2D eigenvalue weighted by Gasteiger charge is -2.29. The van der Waals surface area contributed by atoms with E-state index in [-0.39, 0.29) is 23.6 Å². The van der Waals surface area contributed by atoms with E-state index in [2.05, 4.69) is 30.6 Å². The Labute approximate surface area is 183 Å². The Kier molecular flexibility index (Phi) is 5.12. The van der Waals surface area contributed by atoms with Gasteiger partial charge in [-0.25, -0.2) is 9.37 Å². The third-order valence-electron chi connectivity index (χ3n) is 5.91. The predicted octanol–water partition coefficient (Wildman–Crippen LogP) is 3.28. The van der Waals surface area contributed by atoms with Crippen molar-refractivity contribution in [2.24, 2.45) is 0 Å². The molecule has 0 bridgehead atoms. The van der Waals surface area contributed by atoms with Gasteiger partial charge in [-0.15, -0.1) is 0 Å². The summed E-state index contributed by atoms with van der Waals surface area (Å²) < 4.78 is 21.7. The quantitative estimate of drug-likeness (QED) is 0.442. The topological polar surface area (TPSA) is 109 Å². The molecule has 32 heavy (non-hydrogen) atoms. The number of carbonyl (C=O) groups excluding carboxylic acids is 1. The minimum Gasteiger partial charge on any atom is -0.480 e. The first-order chi connectivity index (χ1) is 15.5. The maximum Gasteiger partial charge on any atom is 0.228 e. The minimum absolute atomic E-state index is 0.00884. The number of rotatable bonds is 5. The van der Waals surface area contributed by atoms with Crippen LogP contribution in [-0.4, -0.2) is 49.4 Å². The lowest BCUT2D eigenvalue weighted by atomic mass is 9.91. The SMILES string of the molecule is COc1nc(N[C@H]2CC[C@@H](NC(C)=O)CC2)nc2[nH]cc(-c3cc(F)c4nccn4c3)c12. The second-order valence-electron chi connectivity index (χ2n) is 8.11. The van der Waals surface area contributed by atoms with Crippen LogP contribution in [-0.2, 0) is 4.79 Å². The highest BCUT2D eigenvalue weighted by molar-refractivity contribution is 5.97. The fraction of sp³-hybridized carbons (Fsp3) is 0.364. The van der Waals surface area contributed by atoms with Gasteiger partial charge in [-0.2, -0.15) is 9.97 Å². The molecule has 0 saturated heterocycles. The smallest absolute Gasteiger partial charge is 0.228 e. The zero-order valence-corrected chi connectivity index (χ0v) is 17.9. The molecule has 1 amide bonds. The van der Waals surface area contributed by atoms with Crippen LogP contribution in [0.3, 0.4) is 0 Å². The minimum atomic E-state index is -0.408. The molecule has 0 unspecified atom stereocenters. The summed E-state index contributed by atoms with van der Waals surface area (Å²) in [5.41, 5.74) is 2.29. The van der Waals surface area contributed by atoms with E-state index in [0.717, 1.165) is 31.2 Å². The lowest BCUT2D eigenvalue weighted by molar-refractivity contribution is -0.119. The van der Waals surface area contributed by atoms with Crippen molar-refractivity contribution in [1.29, 1.82) is 0 Å². The zero-order valence-electron chi connectivity index (χ0n) is 17.9. The van der Waals surface area contributed by atoms with E-state index in [0.29, 0.717) is 28.4 Å². The molecule has 4 aromatic rings. The average Bonchev–Trinajstić information content (AvgIpc) is 3.41. The molecule has 1 aliphatic rings. The van der Waals surface area contributed by atoms with E-state index in [9.17, 15) is 9.18 Å². The molecule has 5 rings (SSSR count). The maximum atomic E-state index is 14.5. The number of H-pyrrole nitrogens is 1. The van der Waals surface area contributed by atoms with Crippen molar-refractivity contribution in [2.75, 3.05) is 12.4 Å². The molecule has 4 aromatic heterocycles. The summed E-state index contributed by atoms with van der Waals surface area (Å²) in [4.78, 5) is 27.6. The molecule has 1 aliphatic carbocycles. The van der Waals surface area contributed by atoms with Crippen molar-refractivity contribution in [1.82, 2.24) is 29.7 Å². The van der Waals surface area contributed by atoms with Gasteiger partial charge < -0.3 is 24.8 Å². The number of amides is 1. The number of fused-ring (bicyclic) bond motifs is 2. The third kappa shape index (κ3) is 3.72. The molecule has 0 aromatic carbocycles. The van der Waals surface area contributed by atoms with Gasteiger partial charge in [0.2, 0.25) is 17.7 Å². The monoisotopic (exact) mass is 437 g/mol. The number of hydrogen-bond donors (Lipinski definition) is 3. The normalized spacial score (nSPS) is 18.7. The van der Waals surface area contributed by atoms with Crippen molar-refractivity contribution < 1.29 is 13.9 Å². The van der Waals surface area contributed by atoms with Crippen LogP contribution in [0.5, 0.6) is 5.88 Å². The Bertz CT molecular complexity index is 1290. The number of nitrogens with one attached hydrogen (secondary N) is 3. The van der Waals surface area contributed by atoms with Gasteiger partial charge in [0.25, 0.3) is 0 Å². The Hall–Kier alpha value is -3.69. The summed E-state index contributed by atoms with van der Waals surface area (Å²) in [6.07, 6.45) is 10.5. The Morgan fingerprint density at radius 3 is 2.78 bits per heavy atom. The van der Waals surface area contributed by atoms with E-state index >= 15 is 0 Å². The van der Waals surface area contributed by atoms with Crippen LogP contribution in [0, 0.1) is 5.82 Å². The fourth-order valence-electron chi connectivity index (χ4n) is 4.43. The van der Waals surface area contributed by atoms with Crippen molar-refractivity contribution in [3.8, 4) is 17.0 Å². The number of aromatic nitrogens is 5. The van der Waals surface area contributed by atoms with Gasteiger partial charge >= 0.3 is 0 Å². The average molecular weight is 437 g/mol. The van der Waals surface area contributed by atoms with E-state index < -0.39 is 5.82 Å². The van der Waals surface area contributed by atoms with Gasteiger partial charge in [0.15, 0.2) is 11.5 Å². The number of hydrogen-bond acceptors (Lipinski definition) is 6. The molecule has 10 heteroatoms. The van der Waals surface area contributed by atoms with Crippen molar-refractivity contribution in [2.45, 2.75) is 44.7 Å². The van der Waals surface area contributed by atoms with Gasteiger partial charge in [-0.1, -0.05) is 0 Å². The largest absolute Gasteiger partial charge is 0.480 e. The molecule has 166 valence electrons. The Morgan fingerprint density at radius 2 is 2.03 bits per heavy atom.